The normalized spacial score (nSPS) is 13.0. The Kier molecular flexibility index (Phi) is 5.94. The number of carbonyl (C=O) groups is 1. The Labute approximate surface area is 179 Å². The van der Waals surface area contributed by atoms with Crippen molar-refractivity contribution in [3.05, 3.63) is 60.3 Å². The van der Waals surface area contributed by atoms with Crippen LogP contribution >= 0.6 is 0 Å². The highest BCUT2D eigenvalue weighted by Gasteiger charge is 2.20. The Morgan fingerprint density at radius 3 is 2.68 bits per heavy atom. The molecule has 2 aromatic carbocycles. The summed E-state index contributed by atoms with van der Waals surface area (Å²) in [5.41, 5.74) is 3.56. The molecule has 3 aromatic rings. The van der Waals surface area contributed by atoms with Crippen LogP contribution in [0.25, 0.3) is 11.3 Å². The standard InChI is InChI=1S/C21H21N5O4S/c1-30-11-10-23-31(28,29)16-8-6-15(7-9-16)24-21-22-13-14-12-19(27)25-18-5-3-2-4-17(18)20(14)26-21/h2-9,13,23H,10-12H2,1H3,(H,25,27)(H,22,24,26). The van der Waals surface area contributed by atoms with Gasteiger partial charge < -0.3 is 15.4 Å². The fourth-order valence-electron chi connectivity index (χ4n) is 3.20. The van der Waals surface area contributed by atoms with Gasteiger partial charge in [-0.15, -0.1) is 0 Å². The molecule has 0 radical (unpaired) electrons. The van der Waals surface area contributed by atoms with E-state index in [1.807, 2.05) is 24.3 Å². The molecule has 0 aliphatic carbocycles. The summed E-state index contributed by atoms with van der Waals surface area (Å²) < 4.78 is 31.9. The molecule has 1 aliphatic heterocycles. The van der Waals surface area contributed by atoms with Gasteiger partial charge in [0.1, 0.15) is 0 Å². The van der Waals surface area contributed by atoms with Gasteiger partial charge in [0.25, 0.3) is 0 Å². The number of sulfonamides is 1. The Morgan fingerprint density at radius 1 is 1.13 bits per heavy atom. The van der Waals surface area contributed by atoms with E-state index < -0.39 is 10.0 Å². The Hall–Kier alpha value is -3.34. The van der Waals surface area contributed by atoms with Gasteiger partial charge in [-0.25, -0.2) is 23.1 Å². The summed E-state index contributed by atoms with van der Waals surface area (Å²) in [5.74, 6) is 0.225. The topological polar surface area (TPSA) is 122 Å². The molecule has 1 amide bonds. The van der Waals surface area contributed by atoms with Gasteiger partial charge in [-0.1, -0.05) is 18.2 Å². The van der Waals surface area contributed by atoms with Crippen molar-refractivity contribution in [1.82, 2.24) is 14.7 Å². The highest BCUT2D eigenvalue weighted by Crippen LogP contribution is 2.32. The monoisotopic (exact) mass is 439 g/mol. The van der Waals surface area contributed by atoms with Gasteiger partial charge in [0.05, 0.1) is 29.3 Å². The number of carbonyl (C=O) groups excluding carboxylic acids is 1. The van der Waals surface area contributed by atoms with E-state index >= 15 is 0 Å². The summed E-state index contributed by atoms with van der Waals surface area (Å²) in [6.07, 6.45) is 1.82. The molecule has 31 heavy (non-hydrogen) atoms. The number of benzene rings is 2. The number of aromatic nitrogens is 2. The van der Waals surface area contributed by atoms with Crippen molar-refractivity contribution < 1.29 is 17.9 Å². The lowest BCUT2D eigenvalue weighted by Gasteiger charge is -2.11. The number of methoxy groups -OCH3 is 1. The number of para-hydroxylation sites is 1. The van der Waals surface area contributed by atoms with Crippen molar-refractivity contribution in [2.24, 2.45) is 0 Å². The van der Waals surface area contributed by atoms with E-state index in [9.17, 15) is 13.2 Å². The van der Waals surface area contributed by atoms with E-state index in [2.05, 4.69) is 25.3 Å². The van der Waals surface area contributed by atoms with E-state index in [4.69, 9.17) is 4.74 Å². The van der Waals surface area contributed by atoms with E-state index in [-0.39, 0.29) is 23.8 Å². The van der Waals surface area contributed by atoms with Gasteiger partial charge in [-0.05, 0) is 30.3 Å². The average Bonchev–Trinajstić information content (AvgIpc) is 2.89. The molecule has 0 atom stereocenters. The van der Waals surface area contributed by atoms with Crippen LogP contribution in [0.5, 0.6) is 0 Å². The largest absolute Gasteiger partial charge is 0.383 e. The molecular weight excluding hydrogens is 418 g/mol. The highest BCUT2D eigenvalue weighted by molar-refractivity contribution is 7.89. The maximum atomic E-state index is 12.3. The minimum absolute atomic E-state index is 0.119. The third kappa shape index (κ3) is 4.71. The Bertz CT molecular complexity index is 1210. The number of ether oxygens (including phenoxy) is 1. The molecule has 0 saturated heterocycles. The van der Waals surface area contributed by atoms with Crippen LogP contribution in [-0.4, -0.2) is 44.6 Å². The summed E-state index contributed by atoms with van der Waals surface area (Å²) in [6.45, 7) is 0.486. The van der Waals surface area contributed by atoms with Gasteiger partial charge in [-0.2, -0.15) is 0 Å². The van der Waals surface area contributed by atoms with Crippen molar-refractivity contribution in [1.29, 1.82) is 0 Å². The van der Waals surface area contributed by atoms with Crippen molar-refractivity contribution in [3.63, 3.8) is 0 Å². The second-order valence-corrected chi connectivity index (χ2v) is 8.64. The molecule has 0 unspecified atom stereocenters. The van der Waals surface area contributed by atoms with Crippen LogP contribution in [0.15, 0.2) is 59.6 Å². The summed E-state index contributed by atoms with van der Waals surface area (Å²) in [6, 6.07) is 13.7. The van der Waals surface area contributed by atoms with Crippen molar-refractivity contribution >= 4 is 33.3 Å². The van der Waals surface area contributed by atoms with Gasteiger partial charge in [0.15, 0.2) is 0 Å². The lowest BCUT2D eigenvalue weighted by Crippen LogP contribution is -2.27. The lowest BCUT2D eigenvalue weighted by atomic mass is 10.1. The molecule has 0 bridgehead atoms. The van der Waals surface area contributed by atoms with Crippen molar-refractivity contribution in [2.75, 3.05) is 30.9 Å². The molecule has 9 nitrogen and oxygen atoms in total. The van der Waals surface area contributed by atoms with Crippen molar-refractivity contribution in [2.45, 2.75) is 11.3 Å². The van der Waals surface area contributed by atoms with Crippen LogP contribution in [0.2, 0.25) is 0 Å². The zero-order valence-electron chi connectivity index (χ0n) is 16.8. The highest BCUT2D eigenvalue weighted by atomic mass is 32.2. The Balaban J connectivity index is 1.57. The quantitative estimate of drug-likeness (QED) is 0.483. The molecule has 1 aromatic heterocycles. The molecule has 0 fully saturated rings. The third-order valence-electron chi connectivity index (χ3n) is 4.69. The number of fused-ring (bicyclic) bond motifs is 3. The number of amides is 1. The van der Waals surface area contributed by atoms with Gasteiger partial charge in [0, 0.05) is 36.7 Å². The summed E-state index contributed by atoms with van der Waals surface area (Å²) in [5, 5.41) is 5.96. The first-order chi connectivity index (χ1) is 15.0. The van der Waals surface area contributed by atoms with Gasteiger partial charge in [-0.3, -0.25) is 4.79 Å². The average molecular weight is 439 g/mol. The van der Waals surface area contributed by atoms with Gasteiger partial charge >= 0.3 is 0 Å². The first kappa shape index (κ1) is 20.9. The minimum Gasteiger partial charge on any atom is -0.383 e. The molecule has 0 saturated carbocycles. The summed E-state index contributed by atoms with van der Waals surface area (Å²) in [7, 11) is -2.10. The molecule has 10 heteroatoms. The van der Waals surface area contributed by atoms with Crippen molar-refractivity contribution in [3.8, 4) is 11.3 Å². The number of hydrogen-bond acceptors (Lipinski definition) is 7. The zero-order valence-corrected chi connectivity index (χ0v) is 17.6. The second-order valence-electron chi connectivity index (χ2n) is 6.88. The molecule has 0 spiro atoms. The first-order valence-electron chi connectivity index (χ1n) is 9.57. The fourth-order valence-corrected chi connectivity index (χ4v) is 4.22. The predicted octanol–water partition coefficient (Wildman–Crippen LogP) is 2.31. The van der Waals surface area contributed by atoms with Crippen LogP contribution in [0, 0.1) is 0 Å². The number of anilines is 3. The molecule has 4 rings (SSSR count). The smallest absolute Gasteiger partial charge is 0.240 e. The SMILES string of the molecule is COCCNS(=O)(=O)c1ccc(Nc2ncc3c(n2)-c2ccccc2NC(=O)C3)cc1. The molecule has 3 N–H and O–H groups in total. The molecule has 2 heterocycles. The summed E-state index contributed by atoms with van der Waals surface area (Å²) >= 11 is 0. The maximum Gasteiger partial charge on any atom is 0.240 e. The number of nitrogens with one attached hydrogen (secondary N) is 3. The number of rotatable bonds is 7. The fraction of sp³-hybridized carbons (Fsp3) is 0.190. The molecular formula is C21H21N5O4S. The van der Waals surface area contributed by atoms with Crippen LogP contribution in [-0.2, 0) is 26.0 Å². The van der Waals surface area contributed by atoms with Crippen LogP contribution < -0.4 is 15.4 Å². The van der Waals surface area contributed by atoms with Crippen LogP contribution in [0.3, 0.4) is 0 Å². The van der Waals surface area contributed by atoms with Crippen LogP contribution in [0.1, 0.15) is 5.56 Å². The third-order valence-corrected chi connectivity index (χ3v) is 6.17. The number of nitrogens with zero attached hydrogens (tertiary/aromatic N) is 2. The van der Waals surface area contributed by atoms with Gasteiger partial charge in [0.2, 0.25) is 21.9 Å². The first-order valence-corrected chi connectivity index (χ1v) is 11.1. The zero-order chi connectivity index (χ0) is 21.8. The van der Waals surface area contributed by atoms with E-state index in [0.717, 1.165) is 11.1 Å². The van der Waals surface area contributed by atoms with E-state index in [1.165, 1.54) is 19.2 Å². The lowest BCUT2D eigenvalue weighted by molar-refractivity contribution is -0.115. The Morgan fingerprint density at radius 2 is 1.90 bits per heavy atom. The minimum atomic E-state index is -3.60. The predicted molar refractivity (Wildman–Crippen MR) is 117 cm³/mol. The molecule has 160 valence electrons. The van der Waals surface area contributed by atoms with E-state index in [0.29, 0.717) is 29.6 Å². The summed E-state index contributed by atoms with van der Waals surface area (Å²) in [4.78, 5) is 21.2. The van der Waals surface area contributed by atoms with Crippen LogP contribution in [0.4, 0.5) is 17.3 Å². The second kappa shape index (κ2) is 8.80. The maximum absolute atomic E-state index is 12.3. The van der Waals surface area contributed by atoms with E-state index in [1.54, 1.807) is 18.3 Å². The molecule has 1 aliphatic rings. The number of hydrogen-bond donors (Lipinski definition) is 3.